The zero-order valence-corrected chi connectivity index (χ0v) is 25.5. The van der Waals surface area contributed by atoms with Crippen molar-refractivity contribution in [2.75, 3.05) is 33.0 Å². The van der Waals surface area contributed by atoms with E-state index in [4.69, 9.17) is 24.0 Å². The van der Waals surface area contributed by atoms with E-state index in [-0.39, 0.29) is 19.3 Å². The van der Waals surface area contributed by atoms with Crippen LogP contribution in [0.25, 0.3) is 0 Å². The molecule has 2 N–H and O–H groups in total. The minimum absolute atomic E-state index is 0.0123. The highest BCUT2D eigenvalue weighted by Crippen LogP contribution is 2.35. The van der Waals surface area contributed by atoms with Crippen LogP contribution in [-0.4, -0.2) is 48.9 Å². The molecule has 0 fully saturated rings. The number of hydrogen-bond donors (Lipinski definition) is 2. The lowest BCUT2D eigenvalue weighted by Crippen LogP contribution is -2.24. The standard InChI is InChI=1S/C31H57O7P/c1-2-3-4-5-6-7-8-9-10-11-12-13-14-15-16-17-19-24-31(38-30-22-20-18-21-23-30)29-36-26-25-35-27-28-37-39(32,33)34/h18,20-23,31H,2-17,19,24-29H2,1H3,(H2,32,33,34). The summed E-state index contributed by atoms with van der Waals surface area (Å²) >= 11 is 0. The number of benzene rings is 1. The summed E-state index contributed by atoms with van der Waals surface area (Å²) in [7, 11) is -4.43. The maximum Gasteiger partial charge on any atom is 0.469 e. The fourth-order valence-electron chi connectivity index (χ4n) is 4.61. The van der Waals surface area contributed by atoms with Gasteiger partial charge in [-0.1, -0.05) is 128 Å². The van der Waals surface area contributed by atoms with Gasteiger partial charge in [0, 0.05) is 0 Å². The highest BCUT2D eigenvalue weighted by Gasteiger charge is 2.13. The normalized spacial score (nSPS) is 12.6. The fraction of sp³-hybridized carbons (Fsp3) is 0.806. The summed E-state index contributed by atoms with van der Waals surface area (Å²) in [5, 5.41) is 0. The summed E-state index contributed by atoms with van der Waals surface area (Å²) < 4.78 is 32.2. The van der Waals surface area contributed by atoms with Crippen molar-refractivity contribution in [3.63, 3.8) is 0 Å². The first-order valence-electron chi connectivity index (χ1n) is 15.6. The molecule has 0 saturated heterocycles. The van der Waals surface area contributed by atoms with Gasteiger partial charge in [0.1, 0.15) is 11.9 Å². The minimum atomic E-state index is -4.43. The van der Waals surface area contributed by atoms with Crippen molar-refractivity contribution in [1.82, 2.24) is 0 Å². The first-order valence-corrected chi connectivity index (χ1v) is 17.1. The molecule has 228 valence electrons. The zero-order chi connectivity index (χ0) is 28.3. The second-order valence-corrected chi connectivity index (χ2v) is 11.7. The van der Waals surface area contributed by atoms with Crippen LogP contribution < -0.4 is 4.74 Å². The molecule has 0 aliphatic heterocycles. The van der Waals surface area contributed by atoms with Gasteiger partial charge in [0.2, 0.25) is 0 Å². The number of ether oxygens (including phenoxy) is 3. The smallest absolute Gasteiger partial charge is 0.469 e. The molecule has 1 aromatic carbocycles. The van der Waals surface area contributed by atoms with Crippen molar-refractivity contribution in [1.29, 1.82) is 0 Å². The van der Waals surface area contributed by atoms with Gasteiger partial charge >= 0.3 is 7.82 Å². The van der Waals surface area contributed by atoms with Crippen LogP contribution in [0.3, 0.4) is 0 Å². The molecule has 0 amide bonds. The predicted molar refractivity (Wildman–Crippen MR) is 159 cm³/mol. The molecule has 1 aromatic rings. The van der Waals surface area contributed by atoms with Gasteiger partial charge in [-0.3, -0.25) is 4.52 Å². The molecule has 0 bridgehead atoms. The monoisotopic (exact) mass is 572 g/mol. The molecule has 0 aliphatic rings. The highest BCUT2D eigenvalue weighted by molar-refractivity contribution is 7.46. The summed E-state index contributed by atoms with van der Waals surface area (Å²) in [6.45, 7) is 3.45. The van der Waals surface area contributed by atoms with E-state index in [9.17, 15) is 4.57 Å². The van der Waals surface area contributed by atoms with Gasteiger partial charge in [-0.15, -0.1) is 0 Å². The van der Waals surface area contributed by atoms with Crippen LogP contribution in [0.15, 0.2) is 30.3 Å². The van der Waals surface area contributed by atoms with E-state index >= 15 is 0 Å². The second kappa shape index (κ2) is 26.0. The zero-order valence-electron chi connectivity index (χ0n) is 24.6. The lowest BCUT2D eigenvalue weighted by atomic mass is 10.0. The Balaban J connectivity index is 2.02. The van der Waals surface area contributed by atoms with Crippen LogP contribution in [-0.2, 0) is 18.6 Å². The number of para-hydroxylation sites is 1. The summed E-state index contributed by atoms with van der Waals surface area (Å²) in [5.74, 6) is 0.851. The lowest BCUT2D eigenvalue weighted by molar-refractivity contribution is 0.00222. The van der Waals surface area contributed by atoms with Crippen molar-refractivity contribution in [3.8, 4) is 5.75 Å². The van der Waals surface area contributed by atoms with Crippen LogP contribution in [0.2, 0.25) is 0 Å². The van der Waals surface area contributed by atoms with Crippen LogP contribution in [0.5, 0.6) is 5.75 Å². The Hall–Kier alpha value is -0.950. The quantitative estimate of drug-likeness (QED) is 0.0733. The Morgan fingerprint density at radius 1 is 0.641 bits per heavy atom. The number of phosphoric acid groups is 1. The summed E-state index contributed by atoms with van der Waals surface area (Å²) in [6.07, 6.45) is 24.1. The molecular weight excluding hydrogens is 515 g/mol. The molecule has 0 radical (unpaired) electrons. The third-order valence-corrected chi connectivity index (χ3v) is 7.36. The predicted octanol–water partition coefficient (Wildman–Crippen LogP) is 8.62. The molecular formula is C31H57O7P. The second-order valence-electron chi connectivity index (χ2n) is 10.5. The van der Waals surface area contributed by atoms with Crippen LogP contribution in [0, 0.1) is 0 Å². The molecule has 0 aromatic heterocycles. The van der Waals surface area contributed by atoms with Crippen molar-refractivity contribution in [2.45, 2.75) is 129 Å². The molecule has 7 nitrogen and oxygen atoms in total. The van der Waals surface area contributed by atoms with E-state index in [1.807, 2.05) is 30.3 Å². The van der Waals surface area contributed by atoms with Gasteiger partial charge in [-0.05, 0) is 25.0 Å². The molecule has 0 aliphatic carbocycles. The van der Waals surface area contributed by atoms with Crippen LogP contribution in [0.4, 0.5) is 0 Å². The number of hydrogen-bond acceptors (Lipinski definition) is 5. The molecule has 0 saturated carbocycles. The average Bonchev–Trinajstić information content (AvgIpc) is 2.91. The molecule has 1 unspecified atom stereocenters. The number of rotatable bonds is 29. The molecule has 1 rings (SSSR count). The topological polar surface area (TPSA) is 94.5 Å². The number of unbranched alkanes of at least 4 members (excludes halogenated alkanes) is 16. The van der Waals surface area contributed by atoms with E-state index in [0.29, 0.717) is 19.8 Å². The van der Waals surface area contributed by atoms with E-state index in [1.165, 1.54) is 103 Å². The molecule has 1 atom stereocenters. The average molecular weight is 573 g/mol. The summed E-state index contributed by atoms with van der Waals surface area (Å²) in [4.78, 5) is 17.3. The van der Waals surface area contributed by atoms with Gasteiger partial charge in [-0.25, -0.2) is 4.57 Å². The van der Waals surface area contributed by atoms with Gasteiger partial charge < -0.3 is 24.0 Å². The summed E-state index contributed by atoms with van der Waals surface area (Å²) in [6, 6.07) is 9.84. The van der Waals surface area contributed by atoms with E-state index in [1.54, 1.807) is 0 Å². The minimum Gasteiger partial charge on any atom is -0.488 e. The lowest BCUT2D eigenvalue weighted by Gasteiger charge is -2.19. The van der Waals surface area contributed by atoms with Crippen molar-refractivity contribution < 1.29 is 33.1 Å². The first kappa shape index (κ1) is 36.1. The molecule has 39 heavy (non-hydrogen) atoms. The molecule has 0 spiro atoms. The van der Waals surface area contributed by atoms with E-state index < -0.39 is 7.82 Å². The van der Waals surface area contributed by atoms with E-state index in [2.05, 4.69) is 11.4 Å². The van der Waals surface area contributed by atoms with Crippen molar-refractivity contribution >= 4 is 7.82 Å². The third kappa shape index (κ3) is 25.7. The van der Waals surface area contributed by atoms with Gasteiger partial charge in [0.05, 0.1) is 33.0 Å². The summed E-state index contributed by atoms with van der Waals surface area (Å²) in [5.41, 5.74) is 0. The Morgan fingerprint density at radius 2 is 1.10 bits per heavy atom. The van der Waals surface area contributed by atoms with Gasteiger partial charge in [0.15, 0.2) is 0 Å². The maximum absolute atomic E-state index is 10.6. The van der Waals surface area contributed by atoms with Crippen molar-refractivity contribution in [3.05, 3.63) is 30.3 Å². The SMILES string of the molecule is CCCCCCCCCCCCCCCCCCCC(COCCOCCOP(=O)(O)O)Oc1ccccc1. The molecule has 8 heteroatoms. The van der Waals surface area contributed by atoms with Crippen molar-refractivity contribution in [2.24, 2.45) is 0 Å². The maximum atomic E-state index is 10.6. The van der Waals surface area contributed by atoms with Gasteiger partial charge in [0.25, 0.3) is 0 Å². The Labute approximate surface area is 238 Å². The highest BCUT2D eigenvalue weighted by atomic mass is 31.2. The Kier molecular flexibility index (Phi) is 24.0. The number of phosphoric ester groups is 1. The van der Waals surface area contributed by atoms with Crippen LogP contribution in [0.1, 0.15) is 122 Å². The van der Waals surface area contributed by atoms with E-state index in [0.717, 1.165) is 18.6 Å². The Bertz CT molecular complexity index is 683. The molecule has 0 heterocycles. The Morgan fingerprint density at radius 3 is 1.62 bits per heavy atom. The fourth-order valence-corrected chi connectivity index (χ4v) is 4.93. The van der Waals surface area contributed by atoms with Crippen LogP contribution >= 0.6 is 7.82 Å². The largest absolute Gasteiger partial charge is 0.488 e. The van der Waals surface area contributed by atoms with Gasteiger partial charge in [-0.2, -0.15) is 0 Å². The first-order chi connectivity index (χ1) is 19.0. The third-order valence-electron chi connectivity index (χ3n) is 6.84.